The van der Waals surface area contributed by atoms with Crippen molar-refractivity contribution < 1.29 is 27.5 Å². The second kappa shape index (κ2) is 10.6. The Kier molecular flexibility index (Phi) is 7.84. The van der Waals surface area contributed by atoms with Crippen LogP contribution in [0.5, 0.6) is 5.75 Å². The molecule has 2 aromatic carbocycles. The normalized spacial score (nSPS) is 16.2. The predicted molar refractivity (Wildman–Crippen MR) is 120 cm³/mol. The Labute approximate surface area is 187 Å². The van der Waals surface area contributed by atoms with Crippen LogP contribution in [0, 0.1) is 5.92 Å². The summed E-state index contributed by atoms with van der Waals surface area (Å²) in [7, 11) is -0.527. The van der Waals surface area contributed by atoms with Crippen molar-refractivity contribution in [2.45, 2.75) is 17.7 Å². The van der Waals surface area contributed by atoms with Gasteiger partial charge in [0.1, 0.15) is 5.75 Å². The lowest BCUT2D eigenvalue weighted by atomic mass is 10.1. The number of sulfonamides is 1. The number of hydrogen-bond donors (Lipinski definition) is 2. The van der Waals surface area contributed by atoms with E-state index in [0.29, 0.717) is 30.2 Å². The van der Waals surface area contributed by atoms with E-state index in [1.165, 1.54) is 24.3 Å². The zero-order valence-electron chi connectivity index (χ0n) is 18.0. The molecule has 1 aliphatic heterocycles. The van der Waals surface area contributed by atoms with Gasteiger partial charge < -0.3 is 19.7 Å². The lowest BCUT2D eigenvalue weighted by molar-refractivity contribution is -0.122. The fourth-order valence-electron chi connectivity index (χ4n) is 3.38. The summed E-state index contributed by atoms with van der Waals surface area (Å²) in [4.78, 5) is 26.8. The molecule has 0 spiro atoms. The molecule has 2 amide bonds. The average molecular weight is 462 g/mol. The van der Waals surface area contributed by atoms with Crippen LogP contribution in [0.15, 0.2) is 53.4 Å². The molecule has 2 N–H and O–H groups in total. The highest BCUT2D eigenvalue weighted by Gasteiger charge is 2.35. The standard InChI is InChI=1S/C22H27N3O6S/c1-30-12-4-11-23-32(28,29)20-9-7-17(8-10-20)24-22(27)16-13-21(26)25(15-16)18-5-3-6-19(14-18)31-2/h3,5-10,14,16,23H,4,11-13,15H2,1-2H3,(H,24,27)/t16-/m0/s1. The minimum absolute atomic E-state index is 0.0981. The first-order valence-electron chi connectivity index (χ1n) is 10.2. The Balaban J connectivity index is 1.59. The number of rotatable bonds is 10. The molecule has 0 bridgehead atoms. The number of anilines is 2. The Morgan fingerprint density at radius 1 is 1.16 bits per heavy atom. The van der Waals surface area contributed by atoms with Crippen molar-refractivity contribution >= 4 is 33.2 Å². The van der Waals surface area contributed by atoms with E-state index in [0.717, 1.165) is 0 Å². The van der Waals surface area contributed by atoms with E-state index in [-0.39, 0.29) is 36.2 Å². The van der Waals surface area contributed by atoms with Crippen LogP contribution < -0.4 is 19.7 Å². The summed E-state index contributed by atoms with van der Waals surface area (Å²) in [6, 6.07) is 13.0. The number of ether oxygens (including phenoxy) is 2. The van der Waals surface area contributed by atoms with E-state index in [1.807, 2.05) is 0 Å². The van der Waals surface area contributed by atoms with Gasteiger partial charge >= 0.3 is 0 Å². The zero-order chi connectivity index (χ0) is 23.1. The van der Waals surface area contributed by atoms with E-state index in [1.54, 1.807) is 43.4 Å². The Morgan fingerprint density at radius 2 is 1.91 bits per heavy atom. The third-order valence-corrected chi connectivity index (χ3v) is 6.59. The Hall–Kier alpha value is -2.95. The summed E-state index contributed by atoms with van der Waals surface area (Å²) in [5.41, 5.74) is 1.14. The molecule has 1 heterocycles. The maximum Gasteiger partial charge on any atom is 0.240 e. The molecular weight excluding hydrogens is 434 g/mol. The summed E-state index contributed by atoms with van der Waals surface area (Å²) in [6.45, 7) is 0.996. The number of methoxy groups -OCH3 is 2. The van der Waals surface area contributed by atoms with Gasteiger partial charge in [-0.15, -0.1) is 0 Å². The van der Waals surface area contributed by atoms with Crippen molar-refractivity contribution in [2.75, 3.05) is 44.1 Å². The third-order valence-electron chi connectivity index (χ3n) is 5.11. The van der Waals surface area contributed by atoms with Gasteiger partial charge in [0.2, 0.25) is 21.8 Å². The first kappa shape index (κ1) is 23.7. The highest BCUT2D eigenvalue weighted by atomic mass is 32.2. The van der Waals surface area contributed by atoms with Crippen LogP contribution in [0.25, 0.3) is 0 Å². The van der Waals surface area contributed by atoms with Crippen molar-refractivity contribution in [2.24, 2.45) is 5.92 Å². The zero-order valence-corrected chi connectivity index (χ0v) is 18.9. The smallest absolute Gasteiger partial charge is 0.240 e. The number of nitrogens with one attached hydrogen (secondary N) is 2. The second-order valence-electron chi connectivity index (χ2n) is 7.36. The highest BCUT2D eigenvalue weighted by Crippen LogP contribution is 2.28. The van der Waals surface area contributed by atoms with E-state index >= 15 is 0 Å². The lowest BCUT2D eigenvalue weighted by Gasteiger charge is -2.17. The molecule has 1 aliphatic rings. The van der Waals surface area contributed by atoms with Crippen LogP contribution in [0.3, 0.4) is 0 Å². The van der Waals surface area contributed by atoms with Crippen molar-refractivity contribution in [3.8, 4) is 5.75 Å². The molecule has 3 rings (SSSR count). The molecule has 32 heavy (non-hydrogen) atoms. The van der Waals surface area contributed by atoms with Gasteiger partial charge in [0.15, 0.2) is 0 Å². The SMILES string of the molecule is COCCCNS(=O)(=O)c1ccc(NC(=O)[C@H]2CC(=O)N(c3cccc(OC)c3)C2)cc1. The van der Waals surface area contributed by atoms with Crippen LogP contribution in [-0.2, 0) is 24.3 Å². The van der Waals surface area contributed by atoms with Crippen LogP contribution in [0.2, 0.25) is 0 Å². The van der Waals surface area contributed by atoms with Gasteiger partial charge in [-0.25, -0.2) is 13.1 Å². The first-order valence-corrected chi connectivity index (χ1v) is 11.7. The van der Waals surface area contributed by atoms with Gasteiger partial charge in [-0.3, -0.25) is 9.59 Å². The topological polar surface area (TPSA) is 114 Å². The molecule has 0 aliphatic carbocycles. The molecule has 1 fully saturated rings. The third kappa shape index (κ3) is 5.84. The van der Waals surface area contributed by atoms with Crippen molar-refractivity contribution in [1.29, 1.82) is 0 Å². The second-order valence-corrected chi connectivity index (χ2v) is 9.13. The summed E-state index contributed by atoms with van der Waals surface area (Å²) in [5, 5.41) is 2.76. The largest absolute Gasteiger partial charge is 0.497 e. The first-order chi connectivity index (χ1) is 15.3. The minimum Gasteiger partial charge on any atom is -0.497 e. The van der Waals surface area contributed by atoms with Gasteiger partial charge in [-0.1, -0.05) is 6.07 Å². The number of hydrogen-bond acceptors (Lipinski definition) is 6. The van der Waals surface area contributed by atoms with Crippen LogP contribution in [-0.4, -0.2) is 54.1 Å². The lowest BCUT2D eigenvalue weighted by Crippen LogP contribution is -2.28. The maximum atomic E-state index is 12.7. The maximum absolute atomic E-state index is 12.7. The molecule has 172 valence electrons. The van der Waals surface area contributed by atoms with Crippen LogP contribution in [0.1, 0.15) is 12.8 Å². The molecule has 1 saturated heterocycles. The van der Waals surface area contributed by atoms with Crippen molar-refractivity contribution in [1.82, 2.24) is 4.72 Å². The summed E-state index contributed by atoms with van der Waals surface area (Å²) in [5.74, 6) is -0.317. The van der Waals surface area contributed by atoms with E-state index < -0.39 is 15.9 Å². The monoisotopic (exact) mass is 461 g/mol. The van der Waals surface area contributed by atoms with E-state index in [4.69, 9.17) is 9.47 Å². The summed E-state index contributed by atoms with van der Waals surface area (Å²) >= 11 is 0. The fraction of sp³-hybridized carbons (Fsp3) is 0.364. The van der Waals surface area contributed by atoms with Crippen LogP contribution in [0.4, 0.5) is 11.4 Å². The van der Waals surface area contributed by atoms with E-state index in [9.17, 15) is 18.0 Å². The molecule has 0 saturated carbocycles. The molecule has 0 aromatic heterocycles. The number of benzene rings is 2. The molecule has 0 unspecified atom stereocenters. The van der Waals surface area contributed by atoms with Crippen molar-refractivity contribution in [3.63, 3.8) is 0 Å². The van der Waals surface area contributed by atoms with Gasteiger partial charge in [0, 0.05) is 50.7 Å². The van der Waals surface area contributed by atoms with Gasteiger partial charge in [0.25, 0.3) is 0 Å². The number of carbonyl (C=O) groups is 2. The predicted octanol–water partition coefficient (Wildman–Crippen LogP) is 2.00. The molecule has 9 nitrogen and oxygen atoms in total. The van der Waals surface area contributed by atoms with E-state index in [2.05, 4.69) is 10.0 Å². The molecule has 1 atom stereocenters. The number of amides is 2. The summed E-state index contributed by atoms with van der Waals surface area (Å²) < 4.78 is 37.2. The average Bonchev–Trinajstić information content (AvgIpc) is 3.19. The quantitative estimate of drug-likeness (QED) is 0.523. The highest BCUT2D eigenvalue weighted by molar-refractivity contribution is 7.89. The fourth-order valence-corrected chi connectivity index (χ4v) is 4.45. The molecule has 0 radical (unpaired) electrons. The number of nitrogens with zero attached hydrogens (tertiary/aromatic N) is 1. The minimum atomic E-state index is -3.63. The van der Waals surface area contributed by atoms with Crippen LogP contribution >= 0.6 is 0 Å². The summed E-state index contributed by atoms with van der Waals surface area (Å²) in [6.07, 6.45) is 0.664. The van der Waals surface area contributed by atoms with Crippen molar-refractivity contribution in [3.05, 3.63) is 48.5 Å². The molecule has 10 heteroatoms. The van der Waals surface area contributed by atoms with Gasteiger partial charge in [-0.2, -0.15) is 0 Å². The number of carbonyl (C=O) groups excluding carboxylic acids is 2. The molecule has 2 aromatic rings. The van der Waals surface area contributed by atoms with Gasteiger partial charge in [-0.05, 0) is 42.8 Å². The Morgan fingerprint density at radius 3 is 2.59 bits per heavy atom. The Bertz CT molecular complexity index is 1060. The molecular formula is C22H27N3O6S. The van der Waals surface area contributed by atoms with Gasteiger partial charge in [0.05, 0.1) is 17.9 Å².